The van der Waals surface area contributed by atoms with E-state index in [1.165, 1.54) is 54.5 Å². The van der Waals surface area contributed by atoms with Gasteiger partial charge < -0.3 is 0 Å². The molecule has 2 unspecified atom stereocenters. The molecule has 1 heterocycles. The van der Waals surface area contributed by atoms with Crippen LogP contribution in [0, 0.1) is 11.2 Å². The van der Waals surface area contributed by atoms with Crippen LogP contribution in [0.4, 0.5) is 4.39 Å². The highest BCUT2D eigenvalue weighted by Gasteiger charge is 2.67. The molecule has 2 heteroatoms. The van der Waals surface area contributed by atoms with Crippen molar-refractivity contribution in [2.45, 2.75) is 56.8 Å². The van der Waals surface area contributed by atoms with Crippen LogP contribution in [0.25, 0.3) is 17.3 Å². The molecule has 4 aliphatic carbocycles. The highest BCUT2D eigenvalue weighted by atomic mass is 19.1. The summed E-state index contributed by atoms with van der Waals surface area (Å²) >= 11 is 0. The van der Waals surface area contributed by atoms with Crippen molar-refractivity contribution in [3.05, 3.63) is 82.8 Å². The normalized spacial score (nSPS) is 29.3. The molecule has 6 rings (SSSR count). The van der Waals surface area contributed by atoms with E-state index in [9.17, 15) is 4.39 Å². The molecule has 2 saturated carbocycles. The zero-order chi connectivity index (χ0) is 19.6. The Morgan fingerprint density at radius 1 is 1.10 bits per heavy atom. The van der Waals surface area contributed by atoms with Crippen LogP contribution >= 0.6 is 0 Å². The van der Waals surface area contributed by atoms with E-state index in [0.29, 0.717) is 5.92 Å². The van der Waals surface area contributed by atoms with E-state index < -0.39 is 0 Å². The second kappa shape index (κ2) is 6.01. The monoisotopic (exact) mass is 383 g/mol. The van der Waals surface area contributed by atoms with Crippen LogP contribution in [0.15, 0.2) is 54.6 Å². The Bertz CT molecular complexity index is 1090. The first kappa shape index (κ1) is 17.4. The van der Waals surface area contributed by atoms with Gasteiger partial charge in [0.2, 0.25) is 0 Å². The van der Waals surface area contributed by atoms with Crippen LogP contribution < -0.4 is 0 Å². The third-order valence-electron chi connectivity index (χ3n) is 7.55. The molecule has 1 aromatic heterocycles. The molecule has 1 aromatic carbocycles. The number of hydrogen-bond donors (Lipinski definition) is 0. The first-order chi connectivity index (χ1) is 14.2. The van der Waals surface area contributed by atoms with E-state index in [2.05, 4.69) is 43.4 Å². The maximum atomic E-state index is 13.6. The highest BCUT2D eigenvalue weighted by Crippen LogP contribution is 2.72. The van der Waals surface area contributed by atoms with Crippen LogP contribution in [0.3, 0.4) is 0 Å². The first-order valence-corrected chi connectivity index (χ1v) is 11.0. The van der Waals surface area contributed by atoms with Gasteiger partial charge >= 0.3 is 0 Å². The zero-order valence-electron chi connectivity index (χ0n) is 16.9. The molecule has 2 aromatic rings. The molecule has 0 amide bonds. The van der Waals surface area contributed by atoms with Gasteiger partial charge in [0.15, 0.2) is 0 Å². The van der Waals surface area contributed by atoms with Gasteiger partial charge in [-0.05, 0) is 86.8 Å². The number of allylic oxidation sites excluding steroid dienone is 5. The molecule has 0 saturated heterocycles. The van der Waals surface area contributed by atoms with Crippen molar-refractivity contribution < 1.29 is 4.39 Å². The van der Waals surface area contributed by atoms with Crippen LogP contribution in [-0.2, 0) is 11.8 Å². The third-order valence-corrected chi connectivity index (χ3v) is 7.55. The van der Waals surface area contributed by atoms with Crippen molar-refractivity contribution in [2.75, 3.05) is 0 Å². The predicted octanol–water partition coefficient (Wildman–Crippen LogP) is 6.89. The van der Waals surface area contributed by atoms with Gasteiger partial charge in [-0.15, -0.1) is 0 Å². The summed E-state index contributed by atoms with van der Waals surface area (Å²) in [4.78, 5) is 5.40. The predicted molar refractivity (Wildman–Crippen MR) is 116 cm³/mol. The van der Waals surface area contributed by atoms with E-state index in [0.717, 1.165) is 17.7 Å². The number of fused-ring (bicyclic) bond motifs is 1. The molecule has 0 N–H and O–H groups in total. The maximum Gasteiger partial charge on any atom is 0.123 e. The minimum absolute atomic E-state index is 0.0699. The molecule has 0 radical (unpaired) electrons. The van der Waals surface area contributed by atoms with E-state index >= 15 is 0 Å². The Hall–Kier alpha value is -2.48. The lowest BCUT2D eigenvalue weighted by atomic mass is 9.81. The quantitative estimate of drug-likeness (QED) is 0.562. The van der Waals surface area contributed by atoms with Gasteiger partial charge in [-0.25, -0.2) is 4.39 Å². The number of rotatable bonds is 3. The molecule has 146 valence electrons. The lowest BCUT2D eigenvalue weighted by molar-refractivity contribution is 0.508. The van der Waals surface area contributed by atoms with Crippen LogP contribution in [0.2, 0.25) is 0 Å². The molecule has 1 nitrogen and oxygen atoms in total. The average molecular weight is 384 g/mol. The van der Waals surface area contributed by atoms with Crippen LogP contribution in [-0.4, -0.2) is 4.98 Å². The molecular weight excluding hydrogens is 357 g/mol. The Morgan fingerprint density at radius 2 is 1.90 bits per heavy atom. The minimum Gasteiger partial charge on any atom is -0.251 e. The van der Waals surface area contributed by atoms with Crippen LogP contribution in [0.5, 0.6) is 0 Å². The van der Waals surface area contributed by atoms with Gasteiger partial charge in [0, 0.05) is 22.0 Å². The fourth-order valence-electron chi connectivity index (χ4n) is 6.00. The molecular formula is C27H26FN. The Morgan fingerprint density at radius 3 is 2.66 bits per heavy atom. The largest absolute Gasteiger partial charge is 0.251 e. The van der Waals surface area contributed by atoms with Crippen molar-refractivity contribution in [2.24, 2.45) is 5.41 Å². The van der Waals surface area contributed by atoms with Crippen molar-refractivity contribution in [1.29, 1.82) is 0 Å². The fourth-order valence-corrected chi connectivity index (χ4v) is 6.00. The second-order valence-corrected chi connectivity index (χ2v) is 9.27. The fraction of sp³-hybridized carbons (Fsp3) is 0.370. The summed E-state index contributed by atoms with van der Waals surface area (Å²) in [6.45, 7) is 2.08. The number of benzene rings is 1. The summed E-state index contributed by atoms with van der Waals surface area (Å²) < 4.78 is 13.6. The Labute approximate surface area is 172 Å². The maximum absolute atomic E-state index is 13.6. The van der Waals surface area contributed by atoms with Gasteiger partial charge in [0.25, 0.3) is 0 Å². The van der Waals surface area contributed by atoms with Gasteiger partial charge in [0.1, 0.15) is 5.82 Å². The summed E-state index contributed by atoms with van der Waals surface area (Å²) in [7, 11) is 0. The highest BCUT2D eigenvalue weighted by molar-refractivity contribution is 5.77. The summed E-state index contributed by atoms with van der Waals surface area (Å²) in [5.74, 6) is 0.460. The summed E-state index contributed by atoms with van der Waals surface area (Å²) in [6.07, 6.45) is 21.0. The number of nitrogens with zero attached hydrogens (tertiary/aromatic N) is 1. The SMILES string of the molecule is C/C=C/c1c(-c2ccc(F)cc2)nc2c(c1C1CC1)CCCC13C=CC=CC21C3. The molecule has 2 atom stereocenters. The Kier molecular flexibility index (Phi) is 3.60. The molecule has 0 spiro atoms. The van der Waals surface area contributed by atoms with E-state index in [-0.39, 0.29) is 16.6 Å². The number of pyridine rings is 1. The average Bonchev–Trinajstić information content (AvgIpc) is 3.62. The lowest BCUT2D eigenvalue weighted by Crippen LogP contribution is -2.20. The third kappa shape index (κ3) is 2.41. The van der Waals surface area contributed by atoms with E-state index in [1.54, 1.807) is 12.1 Å². The van der Waals surface area contributed by atoms with Crippen LogP contribution in [0.1, 0.15) is 67.3 Å². The van der Waals surface area contributed by atoms with Gasteiger partial charge in [0.05, 0.1) is 11.4 Å². The van der Waals surface area contributed by atoms with E-state index in [1.807, 2.05) is 12.1 Å². The first-order valence-electron chi connectivity index (χ1n) is 11.0. The standard InChI is InChI=1S/C27H26FN/c1-2-6-21-23(18-8-9-18)22-7-5-15-26-14-3-4-16-27(26,17-26)25(22)29-24(21)19-10-12-20(28)13-11-19/h2-4,6,10-14,16,18H,5,7-9,15,17H2,1H3/b6-2+. The minimum atomic E-state index is -0.196. The van der Waals surface area contributed by atoms with Gasteiger partial charge in [-0.1, -0.05) is 36.5 Å². The van der Waals surface area contributed by atoms with Gasteiger partial charge in [-0.2, -0.15) is 0 Å². The summed E-state index contributed by atoms with van der Waals surface area (Å²) in [5, 5.41) is 0. The van der Waals surface area contributed by atoms with Crippen molar-refractivity contribution in [3.63, 3.8) is 0 Å². The smallest absolute Gasteiger partial charge is 0.123 e. The lowest BCUT2D eigenvalue weighted by Gasteiger charge is -2.25. The van der Waals surface area contributed by atoms with Crippen molar-refractivity contribution in [1.82, 2.24) is 4.98 Å². The zero-order valence-corrected chi connectivity index (χ0v) is 16.9. The van der Waals surface area contributed by atoms with Crippen molar-refractivity contribution in [3.8, 4) is 11.3 Å². The molecule has 0 aliphatic heterocycles. The molecule has 0 bridgehead atoms. The molecule has 2 fully saturated rings. The number of hydrogen-bond acceptors (Lipinski definition) is 1. The van der Waals surface area contributed by atoms with E-state index in [4.69, 9.17) is 4.98 Å². The number of halogens is 1. The topological polar surface area (TPSA) is 12.9 Å². The summed E-state index contributed by atoms with van der Waals surface area (Å²) in [5.41, 5.74) is 8.02. The molecule has 4 aliphatic rings. The molecule has 29 heavy (non-hydrogen) atoms. The Balaban J connectivity index is 1.66. The number of aromatic nitrogens is 1. The van der Waals surface area contributed by atoms with Gasteiger partial charge in [-0.3, -0.25) is 4.98 Å². The van der Waals surface area contributed by atoms with Crippen molar-refractivity contribution >= 4 is 6.08 Å². The second-order valence-electron chi connectivity index (χ2n) is 9.27. The summed E-state index contributed by atoms with van der Waals surface area (Å²) in [6, 6.07) is 6.89.